The number of carbonyl (C=O) groups is 2. The Morgan fingerprint density at radius 1 is 0.907 bits per heavy atom. The van der Waals surface area contributed by atoms with Crippen LogP contribution >= 0.6 is 0 Å². The van der Waals surface area contributed by atoms with Crippen molar-refractivity contribution in [3.63, 3.8) is 0 Å². The first-order chi connectivity index (χ1) is 20.5. The molecular weight excluding hydrogens is 582 g/mol. The second-order valence-corrected chi connectivity index (χ2v) is 11.1. The predicted molar refractivity (Wildman–Crippen MR) is 154 cm³/mol. The summed E-state index contributed by atoms with van der Waals surface area (Å²) in [5.41, 5.74) is 1.46. The number of rotatable bonds is 12. The Hall–Kier alpha value is -5.37. The van der Waals surface area contributed by atoms with Crippen LogP contribution in [0.4, 0.5) is 11.4 Å². The van der Waals surface area contributed by atoms with Gasteiger partial charge < -0.3 is 9.47 Å². The highest BCUT2D eigenvalue weighted by molar-refractivity contribution is 7.90. The van der Waals surface area contributed by atoms with Crippen LogP contribution in [-0.4, -0.2) is 40.8 Å². The van der Waals surface area contributed by atoms with Gasteiger partial charge in [0.15, 0.2) is 0 Å². The Kier molecular flexibility index (Phi) is 9.30. The van der Waals surface area contributed by atoms with Gasteiger partial charge in [-0.3, -0.25) is 25.0 Å². The van der Waals surface area contributed by atoms with E-state index in [1.807, 2.05) is 12.1 Å². The van der Waals surface area contributed by atoms with Crippen LogP contribution in [-0.2, 0) is 42.1 Å². The van der Waals surface area contributed by atoms with E-state index in [2.05, 4.69) is 0 Å². The van der Waals surface area contributed by atoms with Crippen molar-refractivity contribution in [2.24, 2.45) is 0 Å². The lowest BCUT2D eigenvalue weighted by molar-refractivity contribution is -0.385. The maximum absolute atomic E-state index is 13.4. The number of non-ortho nitro benzene ring substituents is 2. The molecule has 0 saturated carbocycles. The molecule has 0 aliphatic heterocycles. The number of fused-ring (bicyclic) bond motifs is 1. The second kappa shape index (κ2) is 13.1. The van der Waals surface area contributed by atoms with Crippen LogP contribution in [0, 0.1) is 20.2 Å². The quantitative estimate of drug-likeness (QED) is 0.0704. The van der Waals surface area contributed by atoms with E-state index in [1.54, 1.807) is 12.1 Å². The van der Waals surface area contributed by atoms with Crippen molar-refractivity contribution in [1.82, 2.24) is 3.97 Å². The molecule has 14 heteroatoms. The number of ether oxygens (including phenoxy) is 2. The fraction of sp³-hybridized carbons (Fsp3) is 0.172. The molecule has 222 valence electrons. The first-order valence-electron chi connectivity index (χ1n) is 12.8. The molecule has 3 aromatic carbocycles. The van der Waals surface area contributed by atoms with Crippen LogP contribution < -0.4 is 0 Å². The van der Waals surface area contributed by atoms with Crippen molar-refractivity contribution in [3.05, 3.63) is 116 Å². The highest BCUT2D eigenvalue weighted by Gasteiger charge is 2.24. The van der Waals surface area contributed by atoms with Crippen LogP contribution in [0.15, 0.2) is 83.9 Å². The zero-order chi connectivity index (χ0) is 31.1. The molecular formula is C29H25N3O10S. The standard InChI is InChI=1S/C29H25N3O10S/c1-20(33)41-16-2-3-21-4-6-22(7-5-21)8-15-29(34)42-19-23-18-30(28-14-11-25(32(37)38)17-27(23)28)43(39,40)26-12-9-24(10-13-26)31(35)36/h4-15,17-18H,2-3,16,19H2,1H3/b15-8+. The number of nitrogens with zero attached hydrogens (tertiary/aromatic N) is 3. The summed E-state index contributed by atoms with van der Waals surface area (Å²) in [6.45, 7) is 1.30. The highest BCUT2D eigenvalue weighted by atomic mass is 32.2. The molecule has 0 spiro atoms. The number of hydrogen-bond acceptors (Lipinski definition) is 10. The van der Waals surface area contributed by atoms with E-state index in [1.165, 1.54) is 37.4 Å². The summed E-state index contributed by atoms with van der Waals surface area (Å²) in [6.07, 6.45) is 5.33. The van der Waals surface area contributed by atoms with Gasteiger partial charge in [-0.25, -0.2) is 17.2 Å². The molecule has 0 fully saturated rings. The minimum atomic E-state index is -4.27. The molecule has 13 nitrogen and oxygen atoms in total. The Morgan fingerprint density at radius 3 is 2.19 bits per heavy atom. The van der Waals surface area contributed by atoms with Crippen molar-refractivity contribution in [1.29, 1.82) is 0 Å². The molecule has 0 N–H and O–H groups in total. The Bertz CT molecular complexity index is 1830. The summed E-state index contributed by atoms with van der Waals surface area (Å²) in [6, 6.07) is 15.3. The zero-order valence-corrected chi connectivity index (χ0v) is 23.6. The first kappa shape index (κ1) is 30.6. The summed E-state index contributed by atoms with van der Waals surface area (Å²) in [5.74, 6) is -1.05. The number of hydrogen-bond donors (Lipinski definition) is 0. The van der Waals surface area contributed by atoms with E-state index in [4.69, 9.17) is 9.47 Å². The number of esters is 2. The van der Waals surface area contributed by atoms with Crippen LogP contribution in [0.25, 0.3) is 17.0 Å². The normalized spacial score (nSPS) is 11.5. The number of carbonyl (C=O) groups excluding carboxylic acids is 2. The molecule has 1 aromatic heterocycles. The van der Waals surface area contributed by atoms with E-state index < -0.39 is 25.8 Å². The minimum Gasteiger partial charge on any atom is -0.466 e. The number of nitro groups is 2. The molecule has 0 aliphatic rings. The summed E-state index contributed by atoms with van der Waals surface area (Å²) in [7, 11) is -4.27. The molecule has 4 rings (SSSR count). The summed E-state index contributed by atoms with van der Waals surface area (Å²) >= 11 is 0. The first-order valence-corrected chi connectivity index (χ1v) is 14.3. The smallest absolute Gasteiger partial charge is 0.331 e. The van der Waals surface area contributed by atoms with E-state index in [-0.39, 0.29) is 45.3 Å². The minimum absolute atomic E-state index is 0.0958. The topological polar surface area (TPSA) is 178 Å². The van der Waals surface area contributed by atoms with Gasteiger partial charge in [-0.15, -0.1) is 0 Å². The highest BCUT2D eigenvalue weighted by Crippen LogP contribution is 2.30. The number of aromatic nitrogens is 1. The number of aryl methyl sites for hydroxylation is 1. The molecule has 0 bridgehead atoms. The SMILES string of the molecule is CC(=O)OCCCc1ccc(/C=C/C(=O)OCc2cn(S(=O)(=O)c3ccc([N+](=O)[O-])cc3)c3ccc([N+](=O)[O-])cc23)cc1. The molecule has 0 unspecified atom stereocenters. The van der Waals surface area contributed by atoms with Gasteiger partial charge in [0.1, 0.15) is 6.61 Å². The number of benzene rings is 3. The predicted octanol–water partition coefficient (Wildman–Crippen LogP) is 4.95. The van der Waals surface area contributed by atoms with Gasteiger partial charge in [0.05, 0.1) is 26.9 Å². The van der Waals surface area contributed by atoms with Crippen LogP contribution in [0.1, 0.15) is 30.0 Å². The lowest BCUT2D eigenvalue weighted by Crippen LogP contribution is -2.12. The van der Waals surface area contributed by atoms with Crippen molar-refractivity contribution in [2.75, 3.05) is 6.61 Å². The van der Waals surface area contributed by atoms with Crippen LogP contribution in [0.5, 0.6) is 0 Å². The Morgan fingerprint density at radius 2 is 1.56 bits per heavy atom. The van der Waals surface area contributed by atoms with Gasteiger partial charge in [0.2, 0.25) is 0 Å². The fourth-order valence-corrected chi connectivity index (χ4v) is 5.58. The van der Waals surface area contributed by atoms with Crippen LogP contribution in [0.3, 0.4) is 0 Å². The van der Waals surface area contributed by atoms with E-state index in [0.717, 1.165) is 45.4 Å². The van der Waals surface area contributed by atoms with E-state index in [0.29, 0.717) is 19.4 Å². The van der Waals surface area contributed by atoms with E-state index >= 15 is 0 Å². The molecule has 1 heterocycles. The van der Waals surface area contributed by atoms with Gasteiger partial charge in [0, 0.05) is 54.4 Å². The van der Waals surface area contributed by atoms with Crippen LogP contribution in [0.2, 0.25) is 0 Å². The number of nitro benzene ring substituents is 2. The lowest BCUT2D eigenvalue weighted by atomic mass is 10.1. The maximum atomic E-state index is 13.4. The summed E-state index contributed by atoms with van der Waals surface area (Å²) in [5, 5.41) is 22.5. The van der Waals surface area contributed by atoms with Gasteiger partial charge in [0.25, 0.3) is 21.4 Å². The van der Waals surface area contributed by atoms with Gasteiger partial charge in [-0.2, -0.15) is 0 Å². The second-order valence-electron chi connectivity index (χ2n) is 9.29. The molecule has 0 aliphatic carbocycles. The molecule has 0 amide bonds. The molecule has 0 atom stereocenters. The fourth-order valence-electron chi connectivity index (χ4n) is 4.18. The lowest BCUT2D eigenvalue weighted by Gasteiger charge is -2.07. The molecule has 0 saturated heterocycles. The third-order valence-corrected chi connectivity index (χ3v) is 8.02. The van der Waals surface area contributed by atoms with Crippen molar-refractivity contribution in [2.45, 2.75) is 31.3 Å². The van der Waals surface area contributed by atoms with Gasteiger partial charge in [-0.05, 0) is 48.2 Å². The van der Waals surface area contributed by atoms with Gasteiger partial charge >= 0.3 is 11.9 Å². The molecule has 0 radical (unpaired) electrons. The molecule has 4 aromatic rings. The average molecular weight is 608 g/mol. The van der Waals surface area contributed by atoms with Crippen molar-refractivity contribution >= 4 is 50.3 Å². The third kappa shape index (κ3) is 7.48. The monoisotopic (exact) mass is 607 g/mol. The Labute approximate surface area is 245 Å². The molecule has 43 heavy (non-hydrogen) atoms. The third-order valence-electron chi connectivity index (χ3n) is 6.33. The maximum Gasteiger partial charge on any atom is 0.331 e. The van der Waals surface area contributed by atoms with Crippen molar-refractivity contribution < 1.29 is 37.3 Å². The average Bonchev–Trinajstić information content (AvgIpc) is 3.36. The summed E-state index contributed by atoms with van der Waals surface area (Å²) in [4.78, 5) is 44.1. The Balaban J connectivity index is 1.51. The zero-order valence-electron chi connectivity index (χ0n) is 22.7. The largest absolute Gasteiger partial charge is 0.466 e. The van der Waals surface area contributed by atoms with Crippen molar-refractivity contribution in [3.8, 4) is 0 Å². The van der Waals surface area contributed by atoms with Gasteiger partial charge in [-0.1, -0.05) is 24.3 Å². The van der Waals surface area contributed by atoms with E-state index in [9.17, 15) is 38.2 Å². The summed E-state index contributed by atoms with van der Waals surface area (Å²) < 4.78 is 37.9.